The number of hydrogen-bond donors (Lipinski definition) is 2. The number of carboxylic acid groups (broad SMARTS) is 2. The molecule has 1 aliphatic carbocycles. The molecule has 4 nitrogen and oxygen atoms in total. The lowest BCUT2D eigenvalue weighted by molar-refractivity contribution is 0.0655. The van der Waals surface area contributed by atoms with E-state index in [0.717, 1.165) is 37.0 Å². The van der Waals surface area contributed by atoms with E-state index in [1.54, 1.807) is 5.38 Å². The van der Waals surface area contributed by atoms with Gasteiger partial charge in [0.15, 0.2) is 0 Å². The summed E-state index contributed by atoms with van der Waals surface area (Å²) in [5, 5.41) is 19.7. The maximum atomic E-state index is 11.1. The van der Waals surface area contributed by atoms with Crippen molar-refractivity contribution < 1.29 is 19.8 Å². The molecule has 5 heteroatoms. The van der Waals surface area contributed by atoms with Gasteiger partial charge in [0, 0.05) is 0 Å². The first-order valence-corrected chi connectivity index (χ1v) is 6.07. The molecule has 0 atom stereocenters. The second-order valence-electron chi connectivity index (χ2n) is 3.99. The second kappa shape index (κ2) is 4.25. The first-order valence-electron chi connectivity index (χ1n) is 5.19. The average Bonchev–Trinajstić information content (AvgIpc) is 2.85. The number of carboxylic acids is 2. The Bertz CT molecular complexity index is 429. The Morgan fingerprint density at radius 3 is 2.31 bits per heavy atom. The lowest BCUT2D eigenvalue weighted by Crippen LogP contribution is -2.08. The topological polar surface area (TPSA) is 74.6 Å². The SMILES string of the molecule is O=C(O)c1scc(C2CCCC2)c1C(=O)O. The molecule has 0 unspecified atom stereocenters. The van der Waals surface area contributed by atoms with Crippen LogP contribution < -0.4 is 0 Å². The standard InChI is InChI=1S/C11H12O4S/c12-10(13)8-7(6-3-1-2-4-6)5-16-9(8)11(14)15/h5-6H,1-4H2,(H,12,13)(H,14,15). The zero-order valence-electron chi connectivity index (χ0n) is 8.60. The molecule has 86 valence electrons. The molecule has 0 radical (unpaired) electrons. The van der Waals surface area contributed by atoms with E-state index in [4.69, 9.17) is 10.2 Å². The largest absolute Gasteiger partial charge is 0.478 e. The van der Waals surface area contributed by atoms with Crippen LogP contribution in [0.25, 0.3) is 0 Å². The lowest BCUT2D eigenvalue weighted by atomic mass is 9.95. The highest BCUT2D eigenvalue weighted by Gasteiger charge is 2.28. The van der Waals surface area contributed by atoms with E-state index in [0.29, 0.717) is 5.56 Å². The van der Waals surface area contributed by atoms with Crippen molar-refractivity contribution in [3.05, 3.63) is 21.4 Å². The summed E-state index contributed by atoms with van der Waals surface area (Å²) in [6.45, 7) is 0. The number of hydrogen-bond acceptors (Lipinski definition) is 3. The number of thiophene rings is 1. The molecule has 0 bridgehead atoms. The third-order valence-corrected chi connectivity index (χ3v) is 4.01. The van der Waals surface area contributed by atoms with Crippen LogP contribution in [0.4, 0.5) is 0 Å². The van der Waals surface area contributed by atoms with Gasteiger partial charge in [-0.1, -0.05) is 12.8 Å². The minimum absolute atomic E-state index is 0.00407. The molecule has 0 amide bonds. The molecule has 0 aromatic carbocycles. The van der Waals surface area contributed by atoms with Gasteiger partial charge in [0.1, 0.15) is 4.88 Å². The summed E-state index contributed by atoms with van der Waals surface area (Å²) in [4.78, 5) is 22.0. The predicted octanol–water partition coefficient (Wildman–Crippen LogP) is 2.80. The van der Waals surface area contributed by atoms with E-state index < -0.39 is 11.9 Å². The van der Waals surface area contributed by atoms with Gasteiger partial charge >= 0.3 is 11.9 Å². The molecular formula is C11H12O4S. The van der Waals surface area contributed by atoms with Crippen LogP contribution in [-0.4, -0.2) is 22.2 Å². The van der Waals surface area contributed by atoms with Gasteiger partial charge in [-0.15, -0.1) is 11.3 Å². The maximum absolute atomic E-state index is 11.1. The molecule has 0 saturated heterocycles. The number of aromatic carboxylic acids is 2. The fourth-order valence-corrected chi connectivity index (χ4v) is 3.27. The van der Waals surface area contributed by atoms with Gasteiger partial charge in [0.05, 0.1) is 5.56 Å². The second-order valence-corrected chi connectivity index (χ2v) is 4.87. The Kier molecular flexibility index (Phi) is 2.96. The monoisotopic (exact) mass is 240 g/mol. The predicted molar refractivity (Wildman–Crippen MR) is 59.4 cm³/mol. The van der Waals surface area contributed by atoms with Crippen LogP contribution in [-0.2, 0) is 0 Å². The van der Waals surface area contributed by atoms with E-state index in [-0.39, 0.29) is 16.4 Å². The van der Waals surface area contributed by atoms with Gasteiger partial charge in [-0.05, 0) is 29.7 Å². The summed E-state index contributed by atoms with van der Waals surface area (Å²) in [7, 11) is 0. The summed E-state index contributed by atoms with van der Waals surface area (Å²) in [6.07, 6.45) is 4.14. The normalized spacial score (nSPS) is 16.5. The maximum Gasteiger partial charge on any atom is 0.346 e. The Hall–Kier alpha value is -1.36. The number of carbonyl (C=O) groups is 2. The zero-order valence-corrected chi connectivity index (χ0v) is 9.42. The Labute approximate surface area is 96.5 Å². The first kappa shape index (κ1) is 11.1. The van der Waals surface area contributed by atoms with Gasteiger partial charge in [0.25, 0.3) is 0 Å². The molecule has 16 heavy (non-hydrogen) atoms. The van der Waals surface area contributed by atoms with Crippen molar-refractivity contribution in [3.63, 3.8) is 0 Å². The highest BCUT2D eigenvalue weighted by atomic mass is 32.1. The third-order valence-electron chi connectivity index (χ3n) is 3.02. The zero-order chi connectivity index (χ0) is 11.7. The van der Waals surface area contributed by atoms with Crippen LogP contribution in [0, 0.1) is 0 Å². The van der Waals surface area contributed by atoms with Crippen molar-refractivity contribution in [1.82, 2.24) is 0 Å². The van der Waals surface area contributed by atoms with E-state index in [9.17, 15) is 9.59 Å². The smallest absolute Gasteiger partial charge is 0.346 e. The lowest BCUT2D eigenvalue weighted by Gasteiger charge is -2.08. The summed E-state index contributed by atoms with van der Waals surface area (Å²) < 4.78 is 0. The van der Waals surface area contributed by atoms with Crippen LogP contribution in [0.3, 0.4) is 0 Å². The molecule has 1 saturated carbocycles. The van der Waals surface area contributed by atoms with E-state index in [2.05, 4.69) is 0 Å². The van der Waals surface area contributed by atoms with Gasteiger partial charge in [-0.3, -0.25) is 0 Å². The molecule has 1 aliphatic rings. The highest BCUT2D eigenvalue weighted by Crippen LogP contribution is 2.39. The van der Waals surface area contributed by atoms with Crippen LogP contribution in [0.1, 0.15) is 57.2 Å². The van der Waals surface area contributed by atoms with Crippen molar-refractivity contribution in [2.75, 3.05) is 0 Å². The molecule has 0 aliphatic heterocycles. The summed E-state index contributed by atoms with van der Waals surface area (Å²) in [6, 6.07) is 0. The quantitative estimate of drug-likeness (QED) is 0.851. The minimum atomic E-state index is -1.15. The van der Waals surface area contributed by atoms with Crippen molar-refractivity contribution in [2.45, 2.75) is 31.6 Å². The van der Waals surface area contributed by atoms with E-state index in [1.807, 2.05) is 0 Å². The van der Waals surface area contributed by atoms with Gasteiger partial charge < -0.3 is 10.2 Å². The Balaban J connectivity index is 2.45. The van der Waals surface area contributed by atoms with E-state index in [1.165, 1.54) is 0 Å². The van der Waals surface area contributed by atoms with Gasteiger partial charge in [-0.2, -0.15) is 0 Å². The van der Waals surface area contributed by atoms with Crippen molar-refractivity contribution in [2.24, 2.45) is 0 Å². The van der Waals surface area contributed by atoms with Gasteiger partial charge in [0.2, 0.25) is 0 Å². The molecule has 1 aromatic heterocycles. The molecule has 1 heterocycles. The van der Waals surface area contributed by atoms with Gasteiger partial charge in [-0.25, -0.2) is 9.59 Å². The minimum Gasteiger partial charge on any atom is -0.478 e. The van der Waals surface area contributed by atoms with Crippen LogP contribution in [0.2, 0.25) is 0 Å². The molecule has 0 spiro atoms. The molecule has 2 N–H and O–H groups in total. The summed E-state index contributed by atoms with van der Waals surface area (Å²) in [5.74, 6) is -2.04. The first-order chi connectivity index (χ1) is 7.61. The van der Waals surface area contributed by atoms with Crippen molar-refractivity contribution >= 4 is 23.3 Å². The summed E-state index contributed by atoms with van der Waals surface area (Å²) in [5.41, 5.74) is 0.719. The Morgan fingerprint density at radius 1 is 1.19 bits per heavy atom. The Morgan fingerprint density at radius 2 is 1.81 bits per heavy atom. The number of rotatable bonds is 3. The molecular weight excluding hydrogens is 228 g/mol. The summed E-state index contributed by atoms with van der Waals surface area (Å²) >= 11 is 1.02. The fraction of sp³-hybridized carbons (Fsp3) is 0.455. The van der Waals surface area contributed by atoms with Crippen molar-refractivity contribution in [1.29, 1.82) is 0 Å². The third kappa shape index (κ3) is 1.82. The van der Waals surface area contributed by atoms with Crippen molar-refractivity contribution in [3.8, 4) is 0 Å². The average molecular weight is 240 g/mol. The van der Waals surface area contributed by atoms with Crippen LogP contribution >= 0.6 is 11.3 Å². The van der Waals surface area contributed by atoms with Crippen LogP contribution in [0.15, 0.2) is 5.38 Å². The van der Waals surface area contributed by atoms with Crippen LogP contribution in [0.5, 0.6) is 0 Å². The molecule has 2 rings (SSSR count). The van der Waals surface area contributed by atoms with E-state index >= 15 is 0 Å². The highest BCUT2D eigenvalue weighted by molar-refractivity contribution is 7.12. The fourth-order valence-electron chi connectivity index (χ4n) is 2.29. The molecule has 1 aromatic rings. The molecule has 1 fully saturated rings.